The Bertz CT molecular complexity index is 114. The van der Waals surface area contributed by atoms with Crippen molar-refractivity contribution in [3.63, 3.8) is 0 Å². The Balaban J connectivity index is 0. The normalized spacial score (nSPS) is 10.0. The van der Waals surface area contributed by atoms with Gasteiger partial charge in [-0.1, -0.05) is 0 Å². The van der Waals surface area contributed by atoms with E-state index >= 15 is 0 Å². The molecule has 41 valence electrons. The average molecular weight is 251 g/mol. The van der Waals surface area contributed by atoms with Gasteiger partial charge in [0.05, 0.1) is 7.11 Å². The summed E-state index contributed by atoms with van der Waals surface area (Å²) in [5.41, 5.74) is 0. The van der Waals surface area contributed by atoms with E-state index < -0.39 is 10.4 Å². The molecule has 0 rings (SSSR count). The van der Waals surface area contributed by atoms with E-state index in [0.717, 1.165) is 7.11 Å². The monoisotopic (exact) mass is 251 g/mol. The van der Waals surface area contributed by atoms with Gasteiger partial charge in [0.1, 0.15) is 0 Å². The molecule has 0 aromatic carbocycles. The molecule has 0 saturated heterocycles. The molecule has 0 aromatic rings. The summed E-state index contributed by atoms with van der Waals surface area (Å²) in [6, 6.07) is 0. The largest absolute Gasteiger partial charge is 0.397 e. The molecule has 1 N–H and O–H groups in total. The summed E-state index contributed by atoms with van der Waals surface area (Å²) in [6.07, 6.45) is 0. The summed E-state index contributed by atoms with van der Waals surface area (Å²) in [5.74, 6) is 0. The van der Waals surface area contributed by atoms with Gasteiger partial charge in [-0.3, -0.25) is 8.74 Å². The van der Waals surface area contributed by atoms with Crippen molar-refractivity contribution >= 4 is 10.4 Å². The summed E-state index contributed by atoms with van der Waals surface area (Å²) in [4.78, 5) is 0. The predicted octanol–water partition coefficient (Wildman–Crippen LogP) is -0.564. The van der Waals surface area contributed by atoms with E-state index in [2.05, 4.69) is 4.18 Å². The van der Waals surface area contributed by atoms with Gasteiger partial charge in [0.15, 0.2) is 0 Å². The Morgan fingerprint density at radius 3 is 1.71 bits per heavy atom. The van der Waals surface area contributed by atoms with Crippen LogP contribution in [0, 0.1) is 35.6 Å². The second kappa shape index (κ2) is 4.00. The summed E-state index contributed by atoms with van der Waals surface area (Å²) >= 11 is 0. The van der Waals surface area contributed by atoms with Gasteiger partial charge in [0.2, 0.25) is 0 Å². The molecule has 0 atom stereocenters. The van der Waals surface area contributed by atoms with Crippen molar-refractivity contribution in [1.29, 1.82) is 0 Å². The van der Waals surface area contributed by atoms with E-state index in [1.807, 2.05) is 0 Å². The third-order valence-corrected chi connectivity index (χ3v) is 0.632. The first-order valence-corrected chi connectivity index (χ1v) is 2.46. The molecule has 0 spiro atoms. The van der Waals surface area contributed by atoms with Crippen molar-refractivity contribution in [2.24, 2.45) is 0 Å². The van der Waals surface area contributed by atoms with Crippen LogP contribution in [0.4, 0.5) is 0 Å². The first-order valence-electron chi connectivity index (χ1n) is 1.09. The summed E-state index contributed by atoms with van der Waals surface area (Å²) in [5, 5.41) is 0. The van der Waals surface area contributed by atoms with Crippen LogP contribution >= 0.6 is 0 Å². The van der Waals surface area contributed by atoms with Gasteiger partial charge in [-0.2, -0.15) is 8.42 Å². The molecular weight excluding hydrogens is 247 g/mol. The molecule has 1 radical (unpaired) electrons. The summed E-state index contributed by atoms with van der Waals surface area (Å²) in [7, 11) is -3.29. The quantitative estimate of drug-likeness (QED) is 0.634. The summed E-state index contributed by atoms with van der Waals surface area (Å²) in [6.45, 7) is 0. The zero-order valence-corrected chi connectivity index (χ0v) is 8.10. The van der Waals surface area contributed by atoms with Gasteiger partial charge in [0.25, 0.3) is 0 Å². The summed E-state index contributed by atoms with van der Waals surface area (Å²) < 4.78 is 29.7. The van der Waals surface area contributed by atoms with E-state index in [9.17, 15) is 8.42 Å². The molecule has 0 amide bonds. The molecule has 0 aliphatic carbocycles. The van der Waals surface area contributed by atoms with Gasteiger partial charge >= 0.3 is 10.4 Å². The van der Waals surface area contributed by atoms with E-state index in [1.165, 1.54) is 0 Å². The molecule has 6 heteroatoms. The maximum absolute atomic E-state index is 9.33. The second-order valence-electron chi connectivity index (χ2n) is 0.594. The van der Waals surface area contributed by atoms with Crippen LogP contribution in [0.5, 0.6) is 0 Å². The van der Waals surface area contributed by atoms with Crippen molar-refractivity contribution in [2.75, 3.05) is 7.11 Å². The predicted molar refractivity (Wildman–Crippen MR) is 18.6 cm³/mol. The van der Waals surface area contributed by atoms with Crippen molar-refractivity contribution in [2.45, 2.75) is 0 Å². The molecule has 0 unspecified atom stereocenters. The minimum absolute atomic E-state index is 0. The van der Waals surface area contributed by atoms with Crippen LogP contribution in [0.25, 0.3) is 0 Å². The maximum Gasteiger partial charge on any atom is 0.397 e. The molecule has 0 aliphatic rings. The van der Waals surface area contributed by atoms with E-state index in [1.54, 1.807) is 0 Å². The Morgan fingerprint density at radius 1 is 1.57 bits per heavy atom. The molecule has 0 bridgehead atoms. The zero-order chi connectivity index (χ0) is 5.21. The number of rotatable bonds is 1. The Morgan fingerprint density at radius 2 is 1.71 bits per heavy atom. The second-order valence-corrected chi connectivity index (χ2v) is 1.78. The molecule has 0 saturated carbocycles. The third kappa shape index (κ3) is 11.0. The standard InChI is InChI=1S/CH4O4S.La/c1-5-6(2,3)4;/h1H3,(H,2,3,4);. The van der Waals surface area contributed by atoms with Crippen molar-refractivity contribution in [1.82, 2.24) is 0 Å². The van der Waals surface area contributed by atoms with Crippen LogP contribution in [0.3, 0.4) is 0 Å². The van der Waals surface area contributed by atoms with Crippen LogP contribution in [0.2, 0.25) is 0 Å². The average Bonchev–Trinajstić information content (AvgIpc) is 1.35. The fraction of sp³-hybridized carbons (Fsp3) is 1.00. The Hall–Kier alpha value is 1.06. The molecule has 4 nitrogen and oxygen atoms in total. The van der Waals surface area contributed by atoms with Crippen molar-refractivity contribution in [3.05, 3.63) is 0 Å². The van der Waals surface area contributed by atoms with E-state index in [0.29, 0.717) is 0 Å². The number of hydrogen-bond acceptors (Lipinski definition) is 3. The molecule has 0 heterocycles. The van der Waals surface area contributed by atoms with Gasteiger partial charge in [-0.15, -0.1) is 0 Å². The zero-order valence-electron chi connectivity index (χ0n) is 3.66. The van der Waals surface area contributed by atoms with E-state index in [-0.39, 0.29) is 35.6 Å². The smallest absolute Gasteiger partial charge is 0.264 e. The van der Waals surface area contributed by atoms with Crippen LogP contribution in [0.1, 0.15) is 0 Å². The van der Waals surface area contributed by atoms with Crippen LogP contribution in [-0.2, 0) is 14.6 Å². The SMILES string of the molecule is COS(=O)(=O)O.[La]. The first kappa shape index (κ1) is 10.9. The van der Waals surface area contributed by atoms with Gasteiger partial charge in [0, 0.05) is 35.6 Å². The topological polar surface area (TPSA) is 63.6 Å². The Kier molecular flexibility index (Phi) is 6.25. The molecule has 0 aliphatic heterocycles. The molecule has 0 aromatic heterocycles. The third-order valence-electron chi connectivity index (χ3n) is 0.211. The van der Waals surface area contributed by atoms with Crippen LogP contribution in [0.15, 0.2) is 0 Å². The minimum Gasteiger partial charge on any atom is -0.264 e. The minimum atomic E-state index is -4.16. The molecule has 0 fully saturated rings. The van der Waals surface area contributed by atoms with Gasteiger partial charge in [-0.05, 0) is 0 Å². The number of hydrogen-bond donors (Lipinski definition) is 1. The fourth-order valence-electron chi connectivity index (χ4n) is 0. The maximum atomic E-state index is 9.33. The molecular formula is CH4LaO4S. The molecule has 7 heavy (non-hydrogen) atoms. The van der Waals surface area contributed by atoms with Crippen molar-refractivity contribution < 1.29 is 52.8 Å². The van der Waals surface area contributed by atoms with Gasteiger partial charge < -0.3 is 0 Å². The van der Waals surface area contributed by atoms with Crippen molar-refractivity contribution in [3.8, 4) is 0 Å². The first-order chi connectivity index (χ1) is 2.56. The van der Waals surface area contributed by atoms with Gasteiger partial charge in [-0.25, -0.2) is 0 Å². The Labute approximate surface area is 69.8 Å². The fourth-order valence-corrected chi connectivity index (χ4v) is 0. The van der Waals surface area contributed by atoms with E-state index in [4.69, 9.17) is 4.55 Å². The van der Waals surface area contributed by atoms with Crippen LogP contribution < -0.4 is 0 Å². The van der Waals surface area contributed by atoms with Crippen LogP contribution in [-0.4, -0.2) is 20.1 Å².